The molecule has 0 spiro atoms. The Balaban J connectivity index is 1.78. The maximum Gasteiger partial charge on any atom is 0.244 e. The lowest BCUT2D eigenvalue weighted by molar-refractivity contribution is 0.354. The highest BCUT2D eigenvalue weighted by Gasteiger charge is 2.16. The number of nitrogens with one attached hydrogen (secondary N) is 1. The van der Waals surface area contributed by atoms with Gasteiger partial charge in [-0.3, -0.25) is 0 Å². The van der Waals surface area contributed by atoms with Crippen molar-refractivity contribution < 1.29 is 4.52 Å². The molecule has 6 nitrogen and oxygen atoms in total. The average molecular weight is 255 g/mol. The average Bonchev–Trinajstić information content (AvgIpc) is 3.10. The van der Waals surface area contributed by atoms with Crippen molar-refractivity contribution in [2.45, 2.75) is 12.5 Å². The molecule has 3 rings (SSSR count). The van der Waals surface area contributed by atoms with E-state index in [1.54, 1.807) is 12.5 Å². The summed E-state index contributed by atoms with van der Waals surface area (Å²) in [6.45, 7) is 0. The van der Waals surface area contributed by atoms with Crippen LogP contribution in [0.2, 0.25) is 0 Å². The van der Waals surface area contributed by atoms with Crippen LogP contribution in [0.1, 0.15) is 17.6 Å². The standard InChI is InChI=1S/C13H13N5O/c14-11(6-10-7-15-8-16-10)13-17-12(18-19-13)9-4-2-1-3-5-9/h1-5,7-8,11H,6,14H2,(H,15,16). The SMILES string of the molecule is NC(Cc1cnc[nH]1)c1nc(-c2ccccc2)no1. The minimum atomic E-state index is -0.342. The van der Waals surface area contributed by atoms with E-state index in [1.807, 2.05) is 30.3 Å². The van der Waals surface area contributed by atoms with Crippen LogP contribution in [0.25, 0.3) is 11.4 Å². The van der Waals surface area contributed by atoms with Crippen molar-refractivity contribution in [2.24, 2.45) is 5.73 Å². The molecule has 0 aliphatic rings. The van der Waals surface area contributed by atoms with Gasteiger partial charge in [-0.05, 0) is 0 Å². The van der Waals surface area contributed by atoms with Crippen LogP contribution in [0, 0.1) is 0 Å². The summed E-state index contributed by atoms with van der Waals surface area (Å²) in [5.74, 6) is 0.976. The van der Waals surface area contributed by atoms with E-state index >= 15 is 0 Å². The second-order valence-electron chi connectivity index (χ2n) is 4.21. The van der Waals surface area contributed by atoms with Gasteiger partial charge in [-0.2, -0.15) is 4.98 Å². The Bertz CT molecular complexity index is 632. The van der Waals surface area contributed by atoms with E-state index in [1.165, 1.54) is 0 Å². The molecule has 0 fully saturated rings. The van der Waals surface area contributed by atoms with Gasteiger partial charge in [0.15, 0.2) is 0 Å². The molecule has 0 bridgehead atoms. The third kappa shape index (κ3) is 2.53. The highest BCUT2D eigenvalue weighted by molar-refractivity contribution is 5.53. The van der Waals surface area contributed by atoms with Crippen molar-refractivity contribution in [2.75, 3.05) is 0 Å². The van der Waals surface area contributed by atoms with Crippen LogP contribution in [-0.2, 0) is 6.42 Å². The topological polar surface area (TPSA) is 93.6 Å². The van der Waals surface area contributed by atoms with E-state index in [4.69, 9.17) is 10.3 Å². The van der Waals surface area contributed by atoms with Crippen LogP contribution in [0.5, 0.6) is 0 Å². The first-order chi connectivity index (χ1) is 9.33. The second kappa shape index (κ2) is 5.03. The molecule has 1 unspecified atom stereocenters. The van der Waals surface area contributed by atoms with Gasteiger partial charge in [0, 0.05) is 23.9 Å². The number of benzene rings is 1. The fourth-order valence-corrected chi connectivity index (χ4v) is 1.81. The minimum absolute atomic E-state index is 0.342. The summed E-state index contributed by atoms with van der Waals surface area (Å²) in [6, 6.07) is 9.30. The van der Waals surface area contributed by atoms with E-state index in [2.05, 4.69) is 20.1 Å². The van der Waals surface area contributed by atoms with Crippen molar-refractivity contribution in [3.8, 4) is 11.4 Å². The Hall–Kier alpha value is -2.47. The highest BCUT2D eigenvalue weighted by atomic mass is 16.5. The van der Waals surface area contributed by atoms with Crippen molar-refractivity contribution in [1.82, 2.24) is 20.1 Å². The van der Waals surface area contributed by atoms with Crippen LogP contribution >= 0.6 is 0 Å². The lowest BCUT2D eigenvalue weighted by Crippen LogP contribution is -2.13. The molecule has 3 N–H and O–H groups in total. The molecule has 2 aromatic heterocycles. The predicted octanol–water partition coefficient (Wildman–Crippen LogP) is 1.70. The number of aromatic nitrogens is 4. The minimum Gasteiger partial charge on any atom is -0.348 e. The molecule has 96 valence electrons. The molecule has 1 aromatic carbocycles. The summed E-state index contributed by atoms with van der Waals surface area (Å²) in [6.07, 6.45) is 3.93. The number of nitrogens with two attached hydrogens (primary N) is 1. The number of imidazole rings is 1. The van der Waals surface area contributed by atoms with Gasteiger partial charge < -0.3 is 15.2 Å². The quantitative estimate of drug-likeness (QED) is 0.740. The van der Waals surface area contributed by atoms with Crippen molar-refractivity contribution in [3.63, 3.8) is 0 Å². The van der Waals surface area contributed by atoms with Crippen LogP contribution in [0.15, 0.2) is 47.4 Å². The highest BCUT2D eigenvalue weighted by Crippen LogP contribution is 2.18. The summed E-state index contributed by atoms with van der Waals surface area (Å²) in [5, 5.41) is 3.94. The molecule has 0 radical (unpaired) electrons. The summed E-state index contributed by atoms with van der Waals surface area (Å²) in [5.41, 5.74) is 7.88. The van der Waals surface area contributed by atoms with Gasteiger partial charge in [-0.15, -0.1) is 0 Å². The van der Waals surface area contributed by atoms with Gasteiger partial charge in [0.1, 0.15) is 0 Å². The van der Waals surface area contributed by atoms with Crippen LogP contribution in [0.3, 0.4) is 0 Å². The number of aromatic amines is 1. The lowest BCUT2D eigenvalue weighted by atomic mass is 10.2. The first-order valence-electron chi connectivity index (χ1n) is 5.95. The molecule has 3 aromatic rings. The van der Waals surface area contributed by atoms with Gasteiger partial charge >= 0.3 is 0 Å². The fraction of sp³-hybridized carbons (Fsp3) is 0.154. The zero-order valence-electron chi connectivity index (χ0n) is 10.2. The predicted molar refractivity (Wildman–Crippen MR) is 69.0 cm³/mol. The molecule has 0 amide bonds. The summed E-state index contributed by atoms with van der Waals surface area (Å²) in [7, 11) is 0. The molecular weight excluding hydrogens is 242 g/mol. The summed E-state index contributed by atoms with van der Waals surface area (Å²) >= 11 is 0. The molecule has 2 heterocycles. The van der Waals surface area contributed by atoms with Gasteiger partial charge in [0.2, 0.25) is 11.7 Å². The normalized spacial score (nSPS) is 12.5. The molecule has 0 saturated heterocycles. The third-order valence-corrected chi connectivity index (χ3v) is 2.79. The monoisotopic (exact) mass is 255 g/mol. The molecule has 0 saturated carbocycles. The zero-order chi connectivity index (χ0) is 13.1. The third-order valence-electron chi connectivity index (χ3n) is 2.79. The molecule has 6 heteroatoms. The van der Waals surface area contributed by atoms with Gasteiger partial charge in [0.25, 0.3) is 0 Å². The van der Waals surface area contributed by atoms with Crippen LogP contribution in [0.4, 0.5) is 0 Å². The largest absolute Gasteiger partial charge is 0.348 e. The van der Waals surface area contributed by atoms with Crippen molar-refractivity contribution in [1.29, 1.82) is 0 Å². The number of hydrogen-bond donors (Lipinski definition) is 2. The number of nitrogens with zero attached hydrogens (tertiary/aromatic N) is 3. The first kappa shape index (κ1) is 11.6. The van der Waals surface area contributed by atoms with Crippen molar-refractivity contribution in [3.05, 3.63) is 54.4 Å². The molecule has 0 aliphatic carbocycles. The summed E-state index contributed by atoms with van der Waals surface area (Å²) < 4.78 is 5.21. The maximum atomic E-state index is 6.03. The van der Waals surface area contributed by atoms with Gasteiger partial charge in [-0.25, -0.2) is 4.98 Å². The number of rotatable bonds is 4. The Kier molecular flexibility index (Phi) is 3.07. The Morgan fingerprint density at radius 2 is 2.11 bits per heavy atom. The fourth-order valence-electron chi connectivity index (χ4n) is 1.81. The Labute approximate surface area is 109 Å². The summed E-state index contributed by atoms with van der Waals surface area (Å²) in [4.78, 5) is 11.3. The second-order valence-corrected chi connectivity index (χ2v) is 4.21. The maximum absolute atomic E-state index is 6.03. The number of H-pyrrole nitrogens is 1. The van der Waals surface area contributed by atoms with E-state index < -0.39 is 0 Å². The van der Waals surface area contributed by atoms with E-state index in [0.717, 1.165) is 11.3 Å². The molecule has 0 aliphatic heterocycles. The first-order valence-corrected chi connectivity index (χ1v) is 5.95. The Morgan fingerprint density at radius 3 is 2.84 bits per heavy atom. The molecular formula is C13H13N5O. The zero-order valence-corrected chi connectivity index (χ0v) is 10.2. The van der Waals surface area contributed by atoms with Crippen molar-refractivity contribution >= 4 is 0 Å². The molecule has 19 heavy (non-hydrogen) atoms. The van der Waals surface area contributed by atoms with E-state index in [0.29, 0.717) is 18.1 Å². The lowest BCUT2D eigenvalue weighted by Gasteiger charge is -2.03. The smallest absolute Gasteiger partial charge is 0.244 e. The van der Waals surface area contributed by atoms with Gasteiger partial charge in [0.05, 0.1) is 12.4 Å². The Morgan fingerprint density at radius 1 is 1.26 bits per heavy atom. The molecule has 1 atom stereocenters. The van der Waals surface area contributed by atoms with E-state index in [9.17, 15) is 0 Å². The van der Waals surface area contributed by atoms with Crippen LogP contribution in [-0.4, -0.2) is 20.1 Å². The number of hydrogen-bond acceptors (Lipinski definition) is 5. The van der Waals surface area contributed by atoms with Gasteiger partial charge in [-0.1, -0.05) is 35.5 Å². The van der Waals surface area contributed by atoms with Crippen LogP contribution < -0.4 is 5.73 Å². The van der Waals surface area contributed by atoms with E-state index in [-0.39, 0.29) is 6.04 Å².